The van der Waals surface area contributed by atoms with Crippen LogP contribution in [0, 0.1) is 11.3 Å². The molecule has 5 rings (SSSR count). The molecule has 7 nitrogen and oxygen atoms in total. The summed E-state index contributed by atoms with van der Waals surface area (Å²) in [7, 11) is -3.70. The molecule has 0 atom stereocenters. The highest BCUT2D eigenvalue weighted by Crippen LogP contribution is 2.29. The van der Waals surface area contributed by atoms with Crippen molar-refractivity contribution in [2.24, 2.45) is 0 Å². The average Bonchev–Trinajstić information content (AvgIpc) is 3.33. The van der Waals surface area contributed by atoms with Crippen molar-refractivity contribution in [3.63, 3.8) is 0 Å². The van der Waals surface area contributed by atoms with Crippen molar-refractivity contribution in [1.29, 1.82) is 5.26 Å². The molecule has 2 heterocycles. The summed E-state index contributed by atoms with van der Waals surface area (Å²) in [6.45, 7) is 4.87. The van der Waals surface area contributed by atoms with Crippen LogP contribution in [-0.4, -0.2) is 50.4 Å². The predicted octanol–water partition coefficient (Wildman–Crippen LogP) is 4.33. The lowest BCUT2D eigenvalue weighted by atomic mass is 10.1. The third-order valence-electron chi connectivity index (χ3n) is 6.25. The number of benzene rings is 3. The summed E-state index contributed by atoms with van der Waals surface area (Å²) in [5.74, 6) is 1.10. The van der Waals surface area contributed by atoms with E-state index in [1.807, 2.05) is 18.2 Å². The smallest absolute Gasteiger partial charge is 0.261 e. The van der Waals surface area contributed by atoms with Crippen LogP contribution in [-0.2, 0) is 16.4 Å². The summed E-state index contributed by atoms with van der Waals surface area (Å²) >= 11 is 1.56. The predicted molar refractivity (Wildman–Crippen MR) is 140 cm³/mol. The molecule has 0 aliphatic carbocycles. The molecule has 4 aromatic rings. The van der Waals surface area contributed by atoms with Crippen LogP contribution in [0.25, 0.3) is 10.1 Å². The highest BCUT2D eigenvalue weighted by Gasteiger charge is 2.20. The number of anilines is 2. The van der Waals surface area contributed by atoms with Gasteiger partial charge in [0.15, 0.2) is 0 Å². The number of nitriles is 1. The van der Waals surface area contributed by atoms with E-state index in [1.54, 1.807) is 23.7 Å². The van der Waals surface area contributed by atoms with E-state index >= 15 is 0 Å². The molecule has 1 aliphatic heterocycles. The third-order valence-corrected chi connectivity index (χ3v) is 8.46. The molecule has 0 bridgehead atoms. The monoisotopic (exact) mass is 503 g/mol. The molecule has 0 amide bonds. The Balaban J connectivity index is 1.13. The van der Waals surface area contributed by atoms with Crippen molar-refractivity contribution >= 4 is 43.1 Å². The van der Waals surface area contributed by atoms with Crippen molar-refractivity contribution in [2.45, 2.75) is 11.3 Å². The van der Waals surface area contributed by atoms with Gasteiger partial charge >= 0.3 is 0 Å². The number of sulfonamides is 1. The maximum Gasteiger partial charge on any atom is 0.261 e. The zero-order valence-electron chi connectivity index (χ0n) is 19.1. The number of rotatable bonds is 7. The van der Waals surface area contributed by atoms with Gasteiger partial charge in [-0.2, -0.15) is 9.64 Å². The van der Waals surface area contributed by atoms with Gasteiger partial charge in [-0.1, -0.05) is 24.3 Å². The molecule has 1 fully saturated rings. The molecule has 35 heavy (non-hydrogen) atoms. The SMILES string of the molecule is N#Cc1ccc(S(=O)(=O)Nc2ccc(CCN3CCN(c4nsc5ccccc45)CC3)cc2)cc1. The van der Waals surface area contributed by atoms with Gasteiger partial charge in [0.05, 0.1) is 21.2 Å². The van der Waals surface area contributed by atoms with Crippen molar-refractivity contribution in [2.75, 3.05) is 42.3 Å². The first-order chi connectivity index (χ1) is 17.0. The Bertz CT molecular complexity index is 1450. The minimum atomic E-state index is -3.70. The number of fused-ring (bicyclic) bond motifs is 1. The fourth-order valence-electron chi connectivity index (χ4n) is 4.23. The Morgan fingerprint density at radius 3 is 2.37 bits per heavy atom. The van der Waals surface area contributed by atoms with Crippen LogP contribution in [0.1, 0.15) is 11.1 Å². The molecule has 1 aliphatic rings. The Morgan fingerprint density at radius 2 is 1.66 bits per heavy atom. The summed E-state index contributed by atoms with van der Waals surface area (Å²) < 4.78 is 33.7. The molecule has 1 saturated heterocycles. The first kappa shape index (κ1) is 23.3. The first-order valence-corrected chi connectivity index (χ1v) is 13.7. The van der Waals surface area contributed by atoms with Gasteiger partial charge < -0.3 is 4.90 Å². The Morgan fingerprint density at radius 1 is 0.943 bits per heavy atom. The van der Waals surface area contributed by atoms with E-state index in [2.05, 4.69) is 43.2 Å². The summed E-state index contributed by atoms with van der Waals surface area (Å²) in [5, 5.41) is 10.1. The number of hydrogen-bond donors (Lipinski definition) is 1. The number of piperazine rings is 1. The van der Waals surface area contributed by atoms with Gasteiger partial charge in [0.2, 0.25) is 0 Å². The van der Waals surface area contributed by atoms with E-state index in [0.717, 1.165) is 45.0 Å². The third kappa shape index (κ3) is 5.30. The molecule has 0 radical (unpaired) electrons. The highest BCUT2D eigenvalue weighted by molar-refractivity contribution is 7.92. The van der Waals surface area contributed by atoms with E-state index in [4.69, 9.17) is 5.26 Å². The molecular weight excluding hydrogens is 478 g/mol. The molecule has 0 spiro atoms. The zero-order chi connectivity index (χ0) is 24.3. The van der Waals surface area contributed by atoms with Gasteiger partial charge in [0.25, 0.3) is 10.0 Å². The van der Waals surface area contributed by atoms with Gasteiger partial charge in [-0.15, -0.1) is 0 Å². The lowest BCUT2D eigenvalue weighted by Gasteiger charge is -2.35. The fourth-order valence-corrected chi connectivity index (χ4v) is 6.09. The number of hydrogen-bond acceptors (Lipinski definition) is 7. The van der Waals surface area contributed by atoms with E-state index in [-0.39, 0.29) is 4.90 Å². The minimum Gasteiger partial charge on any atom is -0.353 e. The standard InChI is InChI=1S/C26H25N5O2S2/c27-19-21-7-11-23(12-8-21)35(32,33)29-22-9-5-20(6-10-22)13-14-30-15-17-31(18-16-30)26-24-3-1-2-4-25(24)34-28-26/h1-12,29H,13-18H2. The van der Waals surface area contributed by atoms with Crippen LogP contribution < -0.4 is 9.62 Å². The van der Waals surface area contributed by atoms with Crippen LogP contribution in [0.3, 0.4) is 0 Å². The summed E-state index contributed by atoms with van der Waals surface area (Å²) in [6, 6.07) is 23.8. The maximum atomic E-state index is 12.6. The van der Waals surface area contributed by atoms with E-state index in [1.165, 1.54) is 39.9 Å². The lowest BCUT2D eigenvalue weighted by Crippen LogP contribution is -2.47. The van der Waals surface area contributed by atoms with E-state index in [9.17, 15) is 8.42 Å². The number of nitrogens with one attached hydrogen (secondary N) is 1. The Kier molecular flexibility index (Phi) is 6.68. The highest BCUT2D eigenvalue weighted by atomic mass is 32.2. The zero-order valence-corrected chi connectivity index (χ0v) is 20.7. The van der Waals surface area contributed by atoms with E-state index < -0.39 is 10.0 Å². The molecule has 178 valence electrons. The van der Waals surface area contributed by atoms with Gasteiger partial charge in [-0.05, 0) is 72.0 Å². The topological polar surface area (TPSA) is 89.3 Å². The van der Waals surface area contributed by atoms with E-state index in [0.29, 0.717) is 11.3 Å². The summed E-state index contributed by atoms with van der Waals surface area (Å²) in [5.41, 5.74) is 2.10. The van der Waals surface area contributed by atoms with Crippen molar-refractivity contribution in [1.82, 2.24) is 9.27 Å². The van der Waals surface area contributed by atoms with Gasteiger partial charge in [-0.3, -0.25) is 9.62 Å². The molecule has 1 aromatic heterocycles. The molecular formula is C26H25N5O2S2. The van der Waals surface area contributed by atoms with Crippen LogP contribution in [0.2, 0.25) is 0 Å². The Labute approximate surface area is 209 Å². The normalized spacial score (nSPS) is 14.7. The largest absolute Gasteiger partial charge is 0.353 e. The molecule has 9 heteroatoms. The second kappa shape index (κ2) is 10.0. The van der Waals surface area contributed by atoms with Gasteiger partial charge in [0, 0.05) is 43.8 Å². The number of nitrogens with zero attached hydrogens (tertiary/aromatic N) is 4. The van der Waals surface area contributed by atoms with Crippen molar-refractivity contribution < 1.29 is 8.42 Å². The molecule has 1 N–H and O–H groups in total. The number of aromatic nitrogens is 1. The van der Waals surface area contributed by atoms with Crippen molar-refractivity contribution in [3.05, 3.63) is 83.9 Å². The van der Waals surface area contributed by atoms with Gasteiger partial charge in [0.1, 0.15) is 5.82 Å². The van der Waals surface area contributed by atoms with Crippen LogP contribution >= 0.6 is 11.5 Å². The average molecular weight is 504 g/mol. The summed E-state index contributed by atoms with van der Waals surface area (Å²) in [6.07, 6.45) is 0.905. The van der Waals surface area contributed by atoms with Crippen LogP contribution in [0.5, 0.6) is 0 Å². The second-order valence-electron chi connectivity index (χ2n) is 8.52. The first-order valence-electron chi connectivity index (χ1n) is 11.5. The minimum absolute atomic E-state index is 0.130. The molecule has 0 saturated carbocycles. The Hall–Kier alpha value is -3.45. The van der Waals surface area contributed by atoms with Crippen molar-refractivity contribution in [3.8, 4) is 6.07 Å². The van der Waals surface area contributed by atoms with Crippen LogP contribution in [0.4, 0.5) is 11.5 Å². The van der Waals surface area contributed by atoms with Crippen LogP contribution in [0.15, 0.2) is 77.7 Å². The second-order valence-corrected chi connectivity index (χ2v) is 11.0. The fraction of sp³-hybridized carbons (Fsp3) is 0.231. The summed E-state index contributed by atoms with van der Waals surface area (Å²) in [4.78, 5) is 4.97. The van der Waals surface area contributed by atoms with Gasteiger partial charge in [-0.25, -0.2) is 8.42 Å². The quantitative estimate of drug-likeness (QED) is 0.404. The molecule has 0 unspecified atom stereocenters. The molecule has 3 aromatic carbocycles. The maximum absolute atomic E-state index is 12.6. The lowest BCUT2D eigenvalue weighted by molar-refractivity contribution is 0.261.